The fraction of sp³-hybridized carbons (Fsp3) is 0.600. The second-order valence-corrected chi connectivity index (χ2v) is 7.66. The molecule has 118 valence electrons. The van der Waals surface area contributed by atoms with Crippen molar-refractivity contribution in [2.24, 2.45) is 11.7 Å². The van der Waals surface area contributed by atoms with Crippen molar-refractivity contribution < 1.29 is 8.42 Å². The van der Waals surface area contributed by atoms with E-state index in [0.29, 0.717) is 31.2 Å². The quantitative estimate of drug-likeness (QED) is 0.875. The molecule has 1 atom stereocenters. The molecular formula is C15H25N3O2S. The van der Waals surface area contributed by atoms with Crippen LogP contribution in [0.4, 0.5) is 5.69 Å². The molecule has 1 heterocycles. The molecule has 2 rings (SSSR count). The molecule has 0 aliphatic carbocycles. The van der Waals surface area contributed by atoms with Crippen molar-refractivity contribution in [3.8, 4) is 0 Å². The van der Waals surface area contributed by atoms with Crippen LogP contribution in [-0.2, 0) is 10.2 Å². The van der Waals surface area contributed by atoms with Gasteiger partial charge in [-0.3, -0.25) is 4.72 Å². The molecule has 1 aliphatic heterocycles. The lowest BCUT2D eigenvalue weighted by Gasteiger charge is -2.31. The Hall–Kier alpha value is -1.11. The fourth-order valence-corrected chi connectivity index (χ4v) is 3.94. The van der Waals surface area contributed by atoms with Crippen molar-refractivity contribution in [1.82, 2.24) is 4.31 Å². The summed E-state index contributed by atoms with van der Waals surface area (Å²) >= 11 is 0. The van der Waals surface area contributed by atoms with Crippen LogP contribution in [0.2, 0.25) is 0 Å². The minimum Gasteiger partial charge on any atom is -0.330 e. The van der Waals surface area contributed by atoms with Gasteiger partial charge in [0.25, 0.3) is 0 Å². The highest BCUT2D eigenvalue weighted by Crippen LogP contribution is 2.22. The summed E-state index contributed by atoms with van der Waals surface area (Å²) in [6, 6.07) is 7.57. The zero-order valence-corrected chi connectivity index (χ0v) is 13.6. The minimum atomic E-state index is -3.49. The normalized spacial score (nSPS) is 20.7. The van der Waals surface area contributed by atoms with Crippen molar-refractivity contribution in [3.63, 3.8) is 0 Å². The van der Waals surface area contributed by atoms with E-state index in [0.717, 1.165) is 18.4 Å². The number of nitrogens with two attached hydrogens (primary N) is 1. The van der Waals surface area contributed by atoms with Crippen LogP contribution in [0.5, 0.6) is 0 Å². The molecular weight excluding hydrogens is 286 g/mol. The average molecular weight is 311 g/mol. The first-order valence-electron chi connectivity index (χ1n) is 7.50. The highest BCUT2D eigenvalue weighted by Gasteiger charge is 2.28. The Morgan fingerprint density at radius 1 is 1.43 bits per heavy atom. The zero-order chi connectivity index (χ0) is 15.5. The lowest BCUT2D eigenvalue weighted by Crippen LogP contribution is -2.44. The van der Waals surface area contributed by atoms with Gasteiger partial charge in [0.15, 0.2) is 0 Å². The predicted octanol–water partition coefficient (Wildman–Crippen LogP) is 2.14. The van der Waals surface area contributed by atoms with Gasteiger partial charge in [-0.05, 0) is 48.9 Å². The molecule has 5 nitrogen and oxygen atoms in total. The number of piperidine rings is 1. The molecule has 6 heteroatoms. The van der Waals surface area contributed by atoms with Gasteiger partial charge in [-0.2, -0.15) is 12.7 Å². The maximum absolute atomic E-state index is 12.5. The van der Waals surface area contributed by atoms with Gasteiger partial charge < -0.3 is 5.73 Å². The monoisotopic (exact) mass is 311 g/mol. The first-order valence-corrected chi connectivity index (χ1v) is 8.94. The van der Waals surface area contributed by atoms with E-state index in [4.69, 9.17) is 5.73 Å². The van der Waals surface area contributed by atoms with E-state index in [1.165, 1.54) is 4.31 Å². The summed E-state index contributed by atoms with van der Waals surface area (Å²) < 4.78 is 29.1. The van der Waals surface area contributed by atoms with Gasteiger partial charge in [0.2, 0.25) is 0 Å². The van der Waals surface area contributed by atoms with E-state index in [1.807, 2.05) is 18.2 Å². The molecule has 1 unspecified atom stereocenters. The van der Waals surface area contributed by atoms with Crippen molar-refractivity contribution in [3.05, 3.63) is 29.8 Å². The van der Waals surface area contributed by atoms with Crippen LogP contribution in [0.1, 0.15) is 38.2 Å². The summed E-state index contributed by atoms with van der Waals surface area (Å²) in [7, 11) is -3.49. The summed E-state index contributed by atoms with van der Waals surface area (Å²) in [5.74, 6) is 0.628. The van der Waals surface area contributed by atoms with Crippen molar-refractivity contribution >= 4 is 15.9 Å². The van der Waals surface area contributed by atoms with E-state index in [-0.39, 0.29) is 5.92 Å². The van der Waals surface area contributed by atoms with Gasteiger partial charge in [-0.1, -0.05) is 26.0 Å². The van der Waals surface area contributed by atoms with Crippen LogP contribution in [0.25, 0.3) is 0 Å². The van der Waals surface area contributed by atoms with E-state index in [9.17, 15) is 8.42 Å². The average Bonchev–Trinajstić information content (AvgIpc) is 2.47. The molecule has 1 aliphatic rings. The molecule has 1 aromatic carbocycles. The van der Waals surface area contributed by atoms with E-state index in [2.05, 4.69) is 18.6 Å². The minimum absolute atomic E-state index is 0.261. The molecule has 3 N–H and O–H groups in total. The molecule has 0 saturated carbocycles. The fourth-order valence-electron chi connectivity index (χ4n) is 2.61. The maximum Gasteiger partial charge on any atom is 0.301 e. The van der Waals surface area contributed by atoms with Crippen LogP contribution in [-0.4, -0.2) is 32.4 Å². The molecule has 0 aromatic heterocycles. The summed E-state index contributed by atoms with van der Waals surface area (Å²) in [6.07, 6.45) is 1.88. The topological polar surface area (TPSA) is 75.4 Å². The molecule has 0 spiro atoms. The van der Waals surface area contributed by atoms with Gasteiger partial charge >= 0.3 is 10.2 Å². The van der Waals surface area contributed by atoms with Crippen LogP contribution >= 0.6 is 0 Å². The number of hydrogen-bond acceptors (Lipinski definition) is 3. The molecule has 1 aromatic rings. The molecule has 0 bridgehead atoms. The Morgan fingerprint density at radius 2 is 2.19 bits per heavy atom. The summed E-state index contributed by atoms with van der Waals surface area (Å²) in [6.45, 7) is 5.79. The third-order valence-corrected chi connectivity index (χ3v) is 5.46. The standard InChI is InChI=1S/C15H25N3O2S/c1-12(2)14-6-3-7-15(9-14)17-21(19,20)18-8-4-5-13(10-16)11-18/h3,6-7,9,12-13,17H,4-5,8,10-11,16H2,1-2H3. The van der Waals surface area contributed by atoms with E-state index in [1.54, 1.807) is 6.07 Å². The molecule has 1 fully saturated rings. The lowest BCUT2D eigenvalue weighted by atomic mass is 10.0. The Bertz CT molecular complexity index is 572. The molecule has 0 amide bonds. The smallest absolute Gasteiger partial charge is 0.301 e. The first-order chi connectivity index (χ1) is 9.92. The van der Waals surface area contributed by atoms with Crippen molar-refractivity contribution in [2.45, 2.75) is 32.6 Å². The van der Waals surface area contributed by atoms with Gasteiger partial charge in [-0.15, -0.1) is 0 Å². The second kappa shape index (κ2) is 6.77. The highest BCUT2D eigenvalue weighted by atomic mass is 32.2. The van der Waals surface area contributed by atoms with Crippen molar-refractivity contribution in [1.29, 1.82) is 0 Å². The predicted molar refractivity (Wildman–Crippen MR) is 86.4 cm³/mol. The number of hydrogen-bond donors (Lipinski definition) is 2. The summed E-state index contributed by atoms with van der Waals surface area (Å²) in [5, 5.41) is 0. The molecule has 1 saturated heterocycles. The summed E-state index contributed by atoms with van der Waals surface area (Å²) in [4.78, 5) is 0. The summed E-state index contributed by atoms with van der Waals surface area (Å²) in [5.41, 5.74) is 7.41. The van der Waals surface area contributed by atoms with Crippen LogP contribution < -0.4 is 10.5 Å². The Morgan fingerprint density at radius 3 is 2.86 bits per heavy atom. The third kappa shape index (κ3) is 4.18. The van der Waals surface area contributed by atoms with Crippen LogP contribution in [0, 0.1) is 5.92 Å². The highest BCUT2D eigenvalue weighted by molar-refractivity contribution is 7.90. The Labute approximate surface area is 127 Å². The number of anilines is 1. The number of nitrogens with one attached hydrogen (secondary N) is 1. The van der Waals surface area contributed by atoms with Gasteiger partial charge in [0, 0.05) is 13.1 Å². The van der Waals surface area contributed by atoms with Gasteiger partial charge in [0.05, 0.1) is 5.69 Å². The molecule has 0 radical (unpaired) electrons. The zero-order valence-electron chi connectivity index (χ0n) is 12.7. The van der Waals surface area contributed by atoms with Crippen LogP contribution in [0.3, 0.4) is 0 Å². The Kier molecular flexibility index (Phi) is 5.24. The number of nitrogens with zero attached hydrogens (tertiary/aromatic N) is 1. The lowest BCUT2D eigenvalue weighted by molar-refractivity contribution is 0.273. The van der Waals surface area contributed by atoms with E-state index < -0.39 is 10.2 Å². The largest absolute Gasteiger partial charge is 0.330 e. The van der Waals surface area contributed by atoms with Gasteiger partial charge in [-0.25, -0.2) is 0 Å². The third-order valence-electron chi connectivity index (χ3n) is 3.96. The number of rotatable bonds is 5. The van der Waals surface area contributed by atoms with E-state index >= 15 is 0 Å². The maximum atomic E-state index is 12.5. The van der Waals surface area contributed by atoms with Crippen molar-refractivity contribution in [2.75, 3.05) is 24.4 Å². The first kappa shape index (κ1) is 16.3. The van der Waals surface area contributed by atoms with Crippen LogP contribution in [0.15, 0.2) is 24.3 Å². The second-order valence-electron chi connectivity index (χ2n) is 5.99. The SMILES string of the molecule is CC(C)c1cccc(NS(=O)(=O)N2CCCC(CN)C2)c1. The number of benzene rings is 1. The molecule has 21 heavy (non-hydrogen) atoms. The van der Waals surface area contributed by atoms with Gasteiger partial charge in [0.1, 0.15) is 0 Å². The Balaban J connectivity index is 2.12.